The smallest absolute Gasteiger partial charge is 0.338 e. The molecule has 15 heavy (non-hydrogen) atoms. The second-order valence-corrected chi connectivity index (χ2v) is 2.91. The standard InChI is InChI=1S/C11H14O4/c1-3-14-10(12)8-6-5-7-9(8)11(13)15-4-2/h6-7H,3-5H2,1-2H3. The summed E-state index contributed by atoms with van der Waals surface area (Å²) in [4.78, 5) is 22.9. The van der Waals surface area contributed by atoms with Crippen LogP contribution in [0.1, 0.15) is 20.3 Å². The van der Waals surface area contributed by atoms with Crippen molar-refractivity contribution in [2.45, 2.75) is 20.3 Å². The first kappa shape index (κ1) is 11.5. The van der Waals surface area contributed by atoms with Crippen LogP contribution >= 0.6 is 0 Å². The Bertz CT molecular complexity index is 293. The van der Waals surface area contributed by atoms with Crippen molar-refractivity contribution in [3.8, 4) is 0 Å². The Kier molecular flexibility index (Phi) is 4.09. The SMILES string of the molecule is CCOC(=O)C1=CCC=C1C(=O)OCC. The Morgan fingerprint density at radius 3 is 1.80 bits per heavy atom. The third-order valence-corrected chi connectivity index (χ3v) is 1.92. The molecule has 0 aromatic heterocycles. The van der Waals surface area contributed by atoms with Crippen LogP contribution < -0.4 is 0 Å². The second kappa shape index (κ2) is 5.34. The van der Waals surface area contributed by atoms with Crippen molar-refractivity contribution in [2.75, 3.05) is 13.2 Å². The third-order valence-electron chi connectivity index (χ3n) is 1.92. The molecule has 1 aliphatic rings. The lowest BCUT2D eigenvalue weighted by Crippen LogP contribution is -2.15. The molecule has 0 aliphatic heterocycles. The van der Waals surface area contributed by atoms with Gasteiger partial charge in [0, 0.05) is 0 Å². The molecule has 0 saturated carbocycles. The van der Waals surface area contributed by atoms with Crippen molar-refractivity contribution in [3.05, 3.63) is 23.3 Å². The highest BCUT2D eigenvalue weighted by atomic mass is 16.5. The number of hydrogen-bond acceptors (Lipinski definition) is 4. The number of allylic oxidation sites excluding steroid dienone is 2. The molecule has 1 aliphatic carbocycles. The fourth-order valence-electron chi connectivity index (χ4n) is 1.32. The summed E-state index contributed by atoms with van der Waals surface area (Å²) in [6, 6.07) is 0. The van der Waals surface area contributed by atoms with E-state index >= 15 is 0 Å². The summed E-state index contributed by atoms with van der Waals surface area (Å²) >= 11 is 0. The van der Waals surface area contributed by atoms with Crippen LogP contribution in [0.15, 0.2) is 23.3 Å². The van der Waals surface area contributed by atoms with E-state index in [1.165, 1.54) is 0 Å². The Balaban J connectivity index is 2.71. The van der Waals surface area contributed by atoms with Gasteiger partial charge in [0.15, 0.2) is 0 Å². The minimum atomic E-state index is -0.464. The van der Waals surface area contributed by atoms with Crippen LogP contribution in [0.4, 0.5) is 0 Å². The molecule has 0 unspecified atom stereocenters. The van der Waals surface area contributed by atoms with E-state index in [1.807, 2.05) is 0 Å². The van der Waals surface area contributed by atoms with E-state index in [1.54, 1.807) is 26.0 Å². The minimum absolute atomic E-state index is 0.298. The van der Waals surface area contributed by atoms with E-state index in [-0.39, 0.29) is 0 Å². The van der Waals surface area contributed by atoms with Gasteiger partial charge in [-0.25, -0.2) is 9.59 Å². The molecule has 82 valence electrons. The molecule has 0 atom stereocenters. The van der Waals surface area contributed by atoms with Crippen molar-refractivity contribution < 1.29 is 19.1 Å². The number of ether oxygens (including phenoxy) is 2. The summed E-state index contributed by atoms with van der Waals surface area (Å²) in [6.45, 7) is 4.04. The number of hydrogen-bond donors (Lipinski definition) is 0. The number of carbonyl (C=O) groups is 2. The lowest BCUT2D eigenvalue weighted by molar-refractivity contribution is -0.142. The fraction of sp³-hybridized carbons (Fsp3) is 0.455. The molecule has 0 radical (unpaired) electrons. The van der Waals surface area contributed by atoms with E-state index in [4.69, 9.17) is 9.47 Å². The molecule has 0 fully saturated rings. The normalized spacial score (nSPS) is 14.3. The maximum Gasteiger partial charge on any atom is 0.338 e. The van der Waals surface area contributed by atoms with E-state index < -0.39 is 11.9 Å². The Morgan fingerprint density at radius 2 is 1.47 bits per heavy atom. The molecule has 0 aromatic rings. The summed E-state index contributed by atoms with van der Waals surface area (Å²) in [5, 5.41) is 0. The molecule has 0 bridgehead atoms. The number of esters is 2. The minimum Gasteiger partial charge on any atom is -0.462 e. The molecular weight excluding hydrogens is 196 g/mol. The average molecular weight is 210 g/mol. The molecule has 4 heteroatoms. The first-order valence-electron chi connectivity index (χ1n) is 4.95. The zero-order valence-corrected chi connectivity index (χ0v) is 8.91. The first-order valence-corrected chi connectivity index (χ1v) is 4.95. The molecule has 0 saturated heterocycles. The lowest BCUT2D eigenvalue weighted by atomic mass is 10.1. The highest BCUT2D eigenvalue weighted by Crippen LogP contribution is 2.21. The number of rotatable bonds is 4. The predicted molar refractivity (Wildman–Crippen MR) is 54.0 cm³/mol. The Labute approximate surface area is 88.6 Å². The molecule has 0 aromatic carbocycles. The third kappa shape index (κ3) is 2.68. The van der Waals surface area contributed by atoms with Crippen LogP contribution in [0.5, 0.6) is 0 Å². The van der Waals surface area contributed by atoms with Crippen LogP contribution in [-0.4, -0.2) is 25.2 Å². The average Bonchev–Trinajstić information content (AvgIpc) is 2.66. The van der Waals surface area contributed by atoms with Crippen LogP contribution in [0.25, 0.3) is 0 Å². The van der Waals surface area contributed by atoms with Gasteiger partial charge in [-0.1, -0.05) is 12.2 Å². The zero-order chi connectivity index (χ0) is 11.3. The maximum atomic E-state index is 11.4. The van der Waals surface area contributed by atoms with Gasteiger partial charge in [0.25, 0.3) is 0 Å². The van der Waals surface area contributed by atoms with Gasteiger partial charge in [0.05, 0.1) is 24.4 Å². The van der Waals surface area contributed by atoms with Crippen LogP contribution in [0, 0.1) is 0 Å². The molecule has 0 amide bonds. The highest BCUT2D eigenvalue weighted by molar-refractivity contribution is 6.07. The van der Waals surface area contributed by atoms with E-state index in [9.17, 15) is 9.59 Å². The van der Waals surface area contributed by atoms with Crippen molar-refractivity contribution in [1.29, 1.82) is 0 Å². The largest absolute Gasteiger partial charge is 0.462 e. The van der Waals surface area contributed by atoms with Gasteiger partial charge in [-0.15, -0.1) is 0 Å². The monoisotopic (exact) mass is 210 g/mol. The quantitative estimate of drug-likeness (QED) is 0.657. The Hall–Kier alpha value is -1.58. The van der Waals surface area contributed by atoms with Crippen molar-refractivity contribution >= 4 is 11.9 Å². The van der Waals surface area contributed by atoms with E-state index in [2.05, 4.69) is 0 Å². The second-order valence-electron chi connectivity index (χ2n) is 2.91. The zero-order valence-electron chi connectivity index (χ0n) is 8.91. The van der Waals surface area contributed by atoms with Crippen LogP contribution in [0.2, 0.25) is 0 Å². The molecule has 0 heterocycles. The van der Waals surface area contributed by atoms with Gasteiger partial charge < -0.3 is 9.47 Å². The van der Waals surface area contributed by atoms with Crippen LogP contribution in [0.3, 0.4) is 0 Å². The van der Waals surface area contributed by atoms with Crippen LogP contribution in [-0.2, 0) is 19.1 Å². The summed E-state index contributed by atoms with van der Waals surface area (Å²) in [7, 11) is 0. The summed E-state index contributed by atoms with van der Waals surface area (Å²) in [5.41, 5.74) is 0.630. The van der Waals surface area contributed by atoms with Gasteiger partial charge in [-0.3, -0.25) is 0 Å². The van der Waals surface area contributed by atoms with E-state index in [0.717, 1.165) is 0 Å². The maximum absolute atomic E-state index is 11.4. The van der Waals surface area contributed by atoms with E-state index in [0.29, 0.717) is 30.8 Å². The number of carbonyl (C=O) groups excluding carboxylic acids is 2. The summed E-state index contributed by atoms with van der Waals surface area (Å²) in [6.07, 6.45) is 3.91. The van der Waals surface area contributed by atoms with Gasteiger partial charge in [-0.05, 0) is 20.3 Å². The van der Waals surface area contributed by atoms with Crippen molar-refractivity contribution in [3.63, 3.8) is 0 Å². The molecule has 4 nitrogen and oxygen atoms in total. The van der Waals surface area contributed by atoms with Gasteiger partial charge in [0.1, 0.15) is 0 Å². The van der Waals surface area contributed by atoms with Gasteiger partial charge in [0.2, 0.25) is 0 Å². The predicted octanol–water partition coefficient (Wildman–Crippen LogP) is 1.37. The van der Waals surface area contributed by atoms with Gasteiger partial charge >= 0.3 is 11.9 Å². The fourth-order valence-corrected chi connectivity index (χ4v) is 1.32. The lowest BCUT2D eigenvalue weighted by Gasteiger charge is -2.06. The molecule has 1 rings (SSSR count). The van der Waals surface area contributed by atoms with Gasteiger partial charge in [-0.2, -0.15) is 0 Å². The molecule has 0 N–H and O–H groups in total. The molecular formula is C11H14O4. The molecule has 0 spiro atoms. The Morgan fingerprint density at radius 1 is 1.07 bits per heavy atom. The highest BCUT2D eigenvalue weighted by Gasteiger charge is 2.25. The van der Waals surface area contributed by atoms with Crippen molar-refractivity contribution in [1.82, 2.24) is 0 Å². The summed E-state index contributed by atoms with van der Waals surface area (Å²) in [5.74, 6) is -0.927. The topological polar surface area (TPSA) is 52.6 Å². The van der Waals surface area contributed by atoms with Crippen molar-refractivity contribution in [2.24, 2.45) is 0 Å². The summed E-state index contributed by atoms with van der Waals surface area (Å²) < 4.78 is 9.66. The first-order chi connectivity index (χ1) is 7.20.